The Bertz CT molecular complexity index is 363. The van der Waals surface area contributed by atoms with Gasteiger partial charge >= 0.3 is 0 Å². The quantitative estimate of drug-likeness (QED) is 0.628. The molecule has 0 aliphatic heterocycles. The molecule has 17 heavy (non-hydrogen) atoms. The zero-order chi connectivity index (χ0) is 12.9. The van der Waals surface area contributed by atoms with Crippen LogP contribution in [0.25, 0.3) is 0 Å². The molecule has 0 aromatic heterocycles. The van der Waals surface area contributed by atoms with E-state index in [1.165, 1.54) is 0 Å². The molecule has 0 atom stereocenters. The summed E-state index contributed by atoms with van der Waals surface area (Å²) in [6.07, 6.45) is 0. The van der Waals surface area contributed by atoms with Crippen molar-refractivity contribution in [3.05, 3.63) is 33.3 Å². The molecule has 0 saturated heterocycles. The minimum absolute atomic E-state index is 0.339. The predicted octanol–water partition coefficient (Wildman–Crippen LogP) is 0.908. The first-order valence-corrected chi connectivity index (χ1v) is 6.25. The third-order valence-corrected chi connectivity index (χ3v) is 3.77. The molecule has 0 amide bonds. The molecule has 0 unspecified atom stereocenters. The molecule has 0 aliphatic rings. The van der Waals surface area contributed by atoms with Crippen molar-refractivity contribution in [1.29, 1.82) is 0 Å². The van der Waals surface area contributed by atoms with E-state index >= 15 is 0 Å². The van der Waals surface area contributed by atoms with Crippen molar-refractivity contribution in [3.8, 4) is 0 Å². The van der Waals surface area contributed by atoms with Crippen molar-refractivity contribution < 1.29 is 15.3 Å². The van der Waals surface area contributed by atoms with Gasteiger partial charge in [0.25, 0.3) is 0 Å². The van der Waals surface area contributed by atoms with E-state index in [4.69, 9.17) is 26.9 Å². The number of hydrogen-bond donors (Lipinski definition) is 4. The summed E-state index contributed by atoms with van der Waals surface area (Å²) < 4.78 is 0.779. The van der Waals surface area contributed by atoms with Crippen molar-refractivity contribution in [2.75, 3.05) is 19.8 Å². The summed E-state index contributed by atoms with van der Waals surface area (Å²) >= 11 is 9.18. The minimum atomic E-state index is -1.06. The monoisotopic (exact) mass is 323 g/mol. The molecule has 0 aliphatic carbocycles. The van der Waals surface area contributed by atoms with Gasteiger partial charge < -0.3 is 20.6 Å². The van der Waals surface area contributed by atoms with Gasteiger partial charge in [-0.1, -0.05) is 17.7 Å². The van der Waals surface area contributed by atoms with Gasteiger partial charge in [-0.2, -0.15) is 0 Å². The second-order valence-corrected chi connectivity index (χ2v) is 5.12. The fourth-order valence-corrected chi connectivity index (χ4v) is 1.80. The molecule has 0 bridgehead atoms. The standard InChI is InChI=1S/C11H15BrClNO3/c12-9-3-8(1-2-10(9)13)4-14-11(5-15,6-16)7-17/h1-3,14-17H,4-7H2. The maximum atomic E-state index is 9.14. The SMILES string of the molecule is OCC(CO)(CO)NCc1ccc(Cl)c(Br)c1. The summed E-state index contributed by atoms with van der Waals surface area (Å²) in [6, 6.07) is 5.42. The van der Waals surface area contributed by atoms with Crippen LogP contribution >= 0.6 is 27.5 Å². The highest BCUT2D eigenvalue weighted by atomic mass is 79.9. The molecular weight excluding hydrogens is 309 g/mol. The van der Waals surface area contributed by atoms with E-state index in [1.54, 1.807) is 6.07 Å². The molecule has 4 N–H and O–H groups in total. The number of nitrogens with one attached hydrogen (secondary N) is 1. The molecular formula is C11H15BrClNO3. The van der Waals surface area contributed by atoms with Crippen LogP contribution in [0.3, 0.4) is 0 Å². The van der Waals surface area contributed by atoms with Crippen LogP contribution in [0.2, 0.25) is 5.02 Å². The highest BCUT2D eigenvalue weighted by molar-refractivity contribution is 9.10. The van der Waals surface area contributed by atoms with Crippen molar-refractivity contribution in [2.24, 2.45) is 0 Å². The average Bonchev–Trinajstić information content (AvgIpc) is 2.36. The highest BCUT2D eigenvalue weighted by Crippen LogP contribution is 2.23. The van der Waals surface area contributed by atoms with Gasteiger partial charge in [0.2, 0.25) is 0 Å². The van der Waals surface area contributed by atoms with E-state index in [2.05, 4.69) is 21.2 Å². The van der Waals surface area contributed by atoms with Crippen molar-refractivity contribution in [1.82, 2.24) is 5.32 Å². The maximum absolute atomic E-state index is 9.14. The summed E-state index contributed by atoms with van der Waals surface area (Å²) in [5.74, 6) is 0. The van der Waals surface area contributed by atoms with Gasteiger partial charge in [0.1, 0.15) is 0 Å². The Morgan fingerprint density at radius 2 is 1.76 bits per heavy atom. The first kappa shape index (κ1) is 14.9. The Labute approximate surface area is 113 Å². The predicted molar refractivity (Wildman–Crippen MR) is 70.0 cm³/mol. The van der Waals surface area contributed by atoms with E-state index in [-0.39, 0.29) is 19.8 Å². The highest BCUT2D eigenvalue weighted by Gasteiger charge is 2.26. The smallest absolute Gasteiger partial charge is 0.0884 e. The van der Waals surface area contributed by atoms with Crippen LogP contribution in [0, 0.1) is 0 Å². The topological polar surface area (TPSA) is 72.7 Å². The number of hydrogen-bond acceptors (Lipinski definition) is 4. The Hall–Kier alpha value is -0.170. The zero-order valence-corrected chi connectivity index (χ0v) is 11.5. The molecule has 96 valence electrons. The van der Waals surface area contributed by atoms with Crippen molar-refractivity contribution >= 4 is 27.5 Å². The Kier molecular flexibility index (Phi) is 5.85. The Morgan fingerprint density at radius 3 is 2.24 bits per heavy atom. The lowest BCUT2D eigenvalue weighted by molar-refractivity contribution is 0.0414. The molecule has 1 aromatic rings. The van der Waals surface area contributed by atoms with Crippen LogP contribution in [0.4, 0.5) is 0 Å². The van der Waals surface area contributed by atoms with Crippen LogP contribution < -0.4 is 5.32 Å². The lowest BCUT2D eigenvalue weighted by atomic mass is 10.0. The maximum Gasteiger partial charge on any atom is 0.0884 e. The largest absolute Gasteiger partial charge is 0.394 e. The summed E-state index contributed by atoms with van der Waals surface area (Å²) in [5.41, 5.74) is -0.132. The van der Waals surface area contributed by atoms with Gasteiger partial charge in [-0.15, -0.1) is 0 Å². The van der Waals surface area contributed by atoms with E-state index in [9.17, 15) is 0 Å². The molecule has 0 spiro atoms. The van der Waals surface area contributed by atoms with Crippen LogP contribution in [-0.4, -0.2) is 40.7 Å². The van der Waals surface area contributed by atoms with Crippen molar-refractivity contribution in [3.63, 3.8) is 0 Å². The molecule has 0 heterocycles. The van der Waals surface area contributed by atoms with Crippen LogP contribution in [0.5, 0.6) is 0 Å². The molecule has 0 saturated carbocycles. The summed E-state index contributed by atoms with van der Waals surface area (Å²) in [7, 11) is 0. The number of rotatable bonds is 6. The van der Waals surface area contributed by atoms with Gasteiger partial charge in [-0.3, -0.25) is 0 Å². The van der Waals surface area contributed by atoms with Crippen molar-refractivity contribution in [2.45, 2.75) is 12.1 Å². The number of benzene rings is 1. The van der Waals surface area contributed by atoms with E-state index in [0.717, 1.165) is 10.0 Å². The zero-order valence-electron chi connectivity index (χ0n) is 9.16. The number of aliphatic hydroxyl groups is 3. The van der Waals surface area contributed by atoms with Gasteiger partial charge in [0, 0.05) is 11.0 Å². The second-order valence-electron chi connectivity index (χ2n) is 3.86. The molecule has 0 radical (unpaired) electrons. The Balaban J connectivity index is 2.68. The minimum Gasteiger partial charge on any atom is -0.394 e. The molecule has 1 rings (SSSR count). The van der Waals surface area contributed by atoms with Gasteiger partial charge in [-0.25, -0.2) is 0 Å². The van der Waals surface area contributed by atoms with E-state index < -0.39 is 5.54 Å². The van der Waals surface area contributed by atoms with Crippen LogP contribution in [0.1, 0.15) is 5.56 Å². The first-order valence-electron chi connectivity index (χ1n) is 5.08. The van der Waals surface area contributed by atoms with Crippen LogP contribution in [-0.2, 0) is 6.54 Å². The summed E-state index contributed by atoms with van der Waals surface area (Å²) in [4.78, 5) is 0. The van der Waals surface area contributed by atoms with E-state index in [1.807, 2.05) is 12.1 Å². The van der Waals surface area contributed by atoms with E-state index in [0.29, 0.717) is 11.6 Å². The molecule has 0 fully saturated rings. The molecule has 6 heteroatoms. The van der Waals surface area contributed by atoms with Gasteiger partial charge in [0.15, 0.2) is 0 Å². The Morgan fingerprint density at radius 1 is 1.18 bits per heavy atom. The molecule has 1 aromatic carbocycles. The number of halogens is 2. The third-order valence-electron chi connectivity index (χ3n) is 2.56. The lowest BCUT2D eigenvalue weighted by Gasteiger charge is -2.28. The summed E-state index contributed by atoms with van der Waals surface area (Å²) in [6.45, 7) is -0.601. The normalized spacial score (nSPS) is 11.8. The molecule has 4 nitrogen and oxygen atoms in total. The van der Waals surface area contributed by atoms with Gasteiger partial charge in [0.05, 0.1) is 30.4 Å². The summed E-state index contributed by atoms with van der Waals surface area (Å²) in [5, 5.41) is 31.0. The van der Waals surface area contributed by atoms with Crippen LogP contribution in [0.15, 0.2) is 22.7 Å². The van der Waals surface area contributed by atoms with Gasteiger partial charge in [-0.05, 0) is 33.6 Å². The fourth-order valence-electron chi connectivity index (χ4n) is 1.26. The third kappa shape index (κ3) is 3.91. The second kappa shape index (κ2) is 6.68. The number of aliphatic hydroxyl groups excluding tert-OH is 3. The lowest BCUT2D eigenvalue weighted by Crippen LogP contribution is -2.54. The fraction of sp³-hybridized carbons (Fsp3) is 0.455. The first-order chi connectivity index (χ1) is 8.06. The average molecular weight is 325 g/mol.